The Bertz CT molecular complexity index is 1280. The number of nitrogens with zero attached hydrogens (tertiary/aromatic N) is 6. The van der Waals surface area contributed by atoms with Crippen molar-refractivity contribution in [3.8, 4) is 11.6 Å². The lowest BCUT2D eigenvalue weighted by atomic mass is 10.2. The van der Waals surface area contributed by atoms with Crippen molar-refractivity contribution in [1.29, 1.82) is 0 Å². The maximum atomic E-state index is 13.0. The molecule has 0 radical (unpaired) electrons. The molecule has 3 aromatic heterocycles. The van der Waals surface area contributed by atoms with Crippen LogP contribution in [0.25, 0.3) is 11.6 Å². The van der Waals surface area contributed by atoms with Gasteiger partial charge in [0.15, 0.2) is 5.82 Å². The molecule has 0 bridgehead atoms. The number of pyridine rings is 1. The summed E-state index contributed by atoms with van der Waals surface area (Å²) in [5.74, 6) is 1.24. The molecule has 11 heteroatoms. The molecule has 0 saturated carbocycles. The van der Waals surface area contributed by atoms with Crippen LogP contribution >= 0.6 is 23.2 Å². The van der Waals surface area contributed by atoms with Crippen molar-refractivity contribution in [2.75, 3.05) is 0 Å². The molecule has 0 unspecified atom stereocenters. The summed E-state index contributed by atoms with van der Waals surface area (Å²) in [7, 11) is 0. The summed E-state index contributed by atoms with van der Waals surface area (Å²) in [6, 6.07) is 3.32. The molecule has 4 heterocycles. The zero-order valence-electron chi connectivity index (χ0n) is 17.6. The number of rotatable bonds is 9. The molecule has 32 heavy (non-hydrogen) atoms. The molecule has 1 aliphatic rings. The lowest BCUT2D eigenvalue weighted by Crippen LogP contribution is -2.41. The first-order chi connectivity index (χ1) is 15.5. The Hall–Kier alpha value is -2.78. The molecule has 0 spiro atoms. The second kappa shape index (κ2) is 9.79. The SMILES string of the molecule is CCCCn1c2c(c(=O)n(CCCCc3noc(-c4cc(Cl)ccn4)n3)c1=O)CC(Cl)=N2. The highest BCUT2D eigenvalue weighted by molar-refractivity contribution is 6.66. The molecule has 0 aliphatic carbocycles. The predicted octanol–water partition coefficient (Wildman–Crippen LogP) is 3.76. The van der Waals surface area contributed by atoms with Gasteiger partial charge in [0, 0.05) is 37.2 Å². The number of hydrogen-bond acceptors (Lipinski definition) is 7. The van der Waals surface area contributed by atoms with Crippen molar-refractivity contribution >= 4 is 34.2 Å². The Morgan fingerprint density at radius 2 is 1.94 bits per heavy atom. The van der Waals surface area contributed by atoms with E-state index >= 15 is 0 Å². The largest absolute Gasteiger partial charge is 0.332 e. The van der Waals surface area contributed by atoms with Crippen molar-refractivity contribution in [3.05, 3.63) is 55.6 Å². The minimum atomic E-state index is -0.341. The molecule has 0 amide bonds. The zero-order chi connectivity index (χ0) is 22.7. The Balaban J connectivity index is 1.43. The fourth-order valence-corrected chi connectivity index (χ4v) is 3.95. The van der Waals surface area contributed by atoms with Crippen molar-refractivity contribution < 1.29 is 4.52 Å². The third kappa shape index (κ3) is 4.68. The van der Waals surface area contributed by atoms with Gasteiger partial charge in [0.1, 0.15) is 16.7 Å². The van der Waals surface area contributed by atoms with Crippen molar-refractivity contribution in [1.82, 2.24) is 24.3 Å². The summed E-state index contributed by atoms with van der Waals surface area (Å²) < 4.78 is 8.11. The summed E-state index contributed by atoms with van der Waals surface area (Å²) >= 11 is 12.0. The van der Waals surface area contributed by atoms with Gasteiger partial charge in [0.25, 0.3) is 11.4 Å². The van der Waals surface area contributed by atoms with Crippen LogP contribution in [0.4, 0.5) is 5.82 Å². The topological polar surface area (TPSA) is 108 Å². The lowest BCUT2D eigenvalue weighted by molar-refractivity contribution is 0.419. The van der Waals surface area contributed by atoms with Gasteiger partial charge in [-0.2, -0.15) is 4.98 Å². The number of aromatic nitrogens is 5. The van der Waals surface area contributed by atoms with E-state index in [1.807, 2.05) is 6.92 Å². The van der Waals surface area contributed by atoms with Gasteiger partial charge in [0.05, 0.1) is 5.56 Å². The first-order valence-corrected chi connectivity index (χ1v) is 11.3. The zero-order valence-corrected chi connectivity index (χ0v) is 19.1. The van der Waals surface area contributed by atoms with E-state index in [2.05, 4.69) is 20.1 Å². The van der Waals surface area contributed by atoms with Crippen LogP contribution in [-0.4, -0.2) is 29.4 Å². The Morgan fingerprint density at radius 3 is 2.72 bits per heavy atom. The van der Waals surface area contributed by atoms with E-state index in [9.17, 15) is 9.59 Å². The quantitative estimate of drug-likeness (QED) is 0.435. The minimum Gasteiger partial charge on any atom is -0.332 e. The molecular weight excluding hydrogens is 455 g/mol. The Labute approximate surface area is 193 Å². The van der Waals surface area contributed by atoms with Crippen LogP contribution in [-0.2, 0) is 25.9 Å². The second-order valence-corrected chi connectivity index (χ2v) is 8.42. The van der Waals surface area contributed by atoms with Gasteiger partial charge in [-0.25, -0.2) is 9.79 Å². The van der Waals surface area contributed by atoms with E-state index in [4.69, 9.17) is 27.7 Å². The van der Waals surface area contributed by atoms with E-state index in [0.29, 0.717) is 71.3 Å². The van der Waals surface area contributed by atoms with Crippen LogP contribution in [0.15, 0.2) is 37.4 Å². The summed E-state index contributed by atoms with van der Waals surface area (Å²) in [5, 5.41) is 4.84. The Morgan fingerprint density at radius 1 is 1.12 bits per heavy atom. The molecular formula is C21H22Cl2N6O3. The van der Waals surface area contributed by atoms with Crippen LogP contribution in [0.3, 0.4) is 0 Å². The smallest absolute Gasteiger partial charge is 0.332 e. The molecule has 168 valence electrons. The molecule has 0 N–H and O–H groups in total. The van der Waals surface area contributed by atoms with Gasteiger partial charge >= 0.3 is 5.69 Å². The van der Waals surface area contributed by atoms with Gasteiger partial charge < -0.3 is 4.52 Å². The highest BCUT2D eigenvalue weighted by Gasteiger charge is 2.24. The van der Waals surface area contributed by atoms with Crippen LogP contribution < -0.4 is 11.2 Å². The van der Waals surface area contributed by atoms with Crippen LogP contribution in [0.1, 0.15) is 44.0 Å². The lowest BCUT2D eigenvalue weighted by Gasteiger charge is -2.13. The van der Waals surface area contributed by atoms with E-state index < -0.39 is 0 Å². The number of aliphatic imine (C=N–C) groups is 1. The third-order valence-electron chi connectivity index (χ3n) is 5.22. The summed E-state index contributed by atoms with van der Waals surface area (Å²) in [5.41, 5.74) is 0.342. The second-order valence-electron chi connectivity index (χ2n) is 7.54. The van der Waals surface area contributed by atoms with Gasteiger partial charge in [-0.15, -0.1) is 0 Å². The van der Waals surface area contributed by atoms with Gasteiger partial charge in [-0.3, -0.25) is 18.9 Å². The minimum absolute atomic E-state index is 0.269. The molecule has 9 nitrogen and oxygen atoms in total. The molecule has 0 atom stereocenters. The van der Waals surface area contributed by atoms with E-state index in [1.165, 1.54) is 4.57 Å². The number of unbranched alkanes of at least 4 members (excludes halogenated alkanes) is 2. The molecule has 0 saturated heterocycles. The van der Waals surface area contributed by atoms with Crippen molar-refractivity contribution in [2.45, 2.75) is 58.5 Å². The van der Waals surface area contributed by atoms with Crippen LogP contribution in [0, 0.1) is 0 Å². The maximum Gasteiger partial charge on any atom is 0.332 e. The number of fused-ring (bicyclic) bond motifs is 1. The molecule has 3 aromatic rings. The first kappa shape index (κ1) is 22.4. The monoisotopic (exact) mass is 476 g/mol. The van der Waals surface area contributed by atoms with E-state index in [-0.39, 0.29) is 17.7 Å². The van der Waals surface area contributed by atoms with Crippen molar-refractivity contribution in [3.63, 3.8) is 0 Å². The average molecular weight is 477 g/mol. The van der Waals surface area contributed by atoms with E-state index in [0.717, 1.165) is 12.8 Å². The van der Waals surface area contributed by atoms with Crippen molar-refractivity contribution in [2.24, 2.45) is 4.99 Å². The normalized spacial score (nSPS) is 12.8. The number of aryl methyl sites for hydroxylation is 1. The highest BCUT2D eigenvalue weighted by atomic mass is 35.5. The fraction of sp³-hybridized carbons (Fsp3) is 0.429. The molecule has 0 aromatic carbocycles. The fourth-order valence-electron chi connectivity index (χ4n) is 3.58. The summed E-state index contributed by atoms with van der Waals surface area (Å²) in [4.78, 5) is 38.6. The van der Waals surface area contributed by atoms with Crippen LogP contribution in [0.5, 0.6) is 0 Å². The van der Waals surface area contributed by atoms with Gasteiger partial charge in [-0.1, -0.05) is 41.7 Å². The Kier molecular flexibility index (Phi) is 6.86. The summed E-state index contributed by atoms with van der Waals surface area (Å²) in [6.07, 6.45) is 5.41. The third-order valence-corrected chi connectivity index (χ3v) is 5.67. The standard InChI is InChI=1S/C21H22Cl2N6O3/c1-2-3-9-28-18-14(12-16(23)25-18)20(30)29(21(28)31)10-5-4-6-17-26-19(32-27-17)15-11-13(22)7-8-24-15/h7-8,11H,2-6,9-10,12H2,1H3. The molecule has 0 fully saturated rings. The molecule has 1 aliphatic heterocycles. The van der Waals surface area contributed by atoms with Gasteiger partial charge in [0.2, 0.25) is 0 Å². The molecule has 4 rings (SSSR count). The van der Waals surface area contributed by atoms with Crippen LogP contribution in [0.2, 0.25) is 5.02 Å². The average Bonchev–Trinajstić information content (AvgIpc) is 3.40. The maximum absolute atomic E-state index is 13.0. The number of halogens is 2. The predicted molar refractivity (Wildman–Crippen MR) is 122 cm³/mol. The van der Waals surface area contributed by atoms with E-state index in [1.54, 1.807) is 22.9 Å². The number of hydrogen-bond donors (Lipinski definition) is 0. The first-order valence-electron chi connectivity index (χ1n) is 10.5. The van der Waals surface area contributed by atoms with Gasteiger partial charge in [-0.05, 0) is 31.4 Å². The highest BCUT2D eigenvalue weighted by Crippen LogP contribution is 2.24. The summed E-state index contributed by atoms with van der Waals surface area (Å²) in [6.45, 7) is 2.85.